The van der Waals surface area contributed by atoms with E-state index < -0.39 is 5.92 Å². The molecule has 0 spiro atoms. The molecule has 1 atom stereocenters. The molecule has 5 nitrogen and oxygen atoms in total. The number of nitrogens with zero attached hydrogens (tertiary/aromatic N) is 1. The van der Waals surface area contributed by atoms with Crippen molar-refractivity contribution < 1.29 is 19.2 Å². The van der Waals surface area contributed by atoms with Crippen LogP contribution >= 0.6 is 0 Å². The molecule has 0 saturated carbocycles. The Hall–Kier alpha value is -1.88. The highest BCUT2D eigenvalue weighted by atomic mass is 16.7. The number of ether oxygens (including phenoxy) is 1. The van der Waals surface area contributed by atoms with E-state index in [0.29, 0.717) is 5.75 Å². The molecule has 0 aromatic heterocycles. The van der Waals surface area contributed by atoms with E-state index in [2.05, 4.69) is 0 Å². The Kier molecular flexibility index (Phi) is 5.51. The summed E-state index contributed by atoms with van der Waals surface area (Å²) in [6.07, 6.45) is 0.0893. The van der Waals surface area contributed by atoms with Gasteiger partial charge in [-0.05, 0) is 24.6 Å². The Morgan fingerprint density at radius 3 is 2.21 bits per heavy atom. The van der Waals surface area contributed by atoms with Crippen molar-refractivity contribution in [2.24, 2.45) is 0 Å². The number of ketones is 1. The molecule has 0 aliphatic carbocycles. The van der Waals surface area contributed by atoms with Crippen LogP contribution < -0.4 is 4.74 Å². The number of hydrogen-bond acceptors (Lipinski definition) is 4. The van der Waals surface area contributed by atoms with Crippen LogP contribution in [0, 0.1) is 0 Å². The molecule has 0 radical (unpaired) electrons. The van der Waals surface area contributed by atoms with Gasteiger partial charge in [-0.2, -0.15) is 0 Å². The summed E-state index contributed by atoms with van der Waals surface area (Å²) in [5, 5.41) is 1.12. The lowest BCUT2D eigenvalue weighted by molar-refractivity contribution is -0.169. The van der Waals surface area contributed by atoms with E-state index in [1.807, 2.05) is 0 Å². The molecule has 1 unspecified atom stereocenters. The van der Waals surface area contributed by atoms with Crippen LogP contribution in [0.5, 0.6) is 5.75 Å². The van der Waals surface area contributed by atoms with E-state index in [1.54, 1.807) is 31.4 Å². The lowest BCUT2D eigenvalue weighted by atomic mass is 9.92. The Bertz CT molecular complexity index is 441. The number of methoxy groups -OCH3 is 1. The maximum atomic E-state index is 11.8. The molecule has 1 amide bonds. The molecule has 0 saturated heterocycles. The molecule has 104 valence electrons. The Labute approximate surface area is 113 Å². The van der Waals surface area contributed by atoms with Crippen LogP contribution in [0.25, 0.3) is 0 Å². The van der Waals surface area contributed by atoms with Gasteiger partial charge in [-0.15, -0.1) is 0 Å². The Balaban J connectivity index is 2.88. The Morgan fingerprint density at radius 2 is 1.79 bits per heavy atom. The summed E-state index contributed by atoms with van der Waals surface area (Å²) < 4.78 is 5.07. The summed E-state index contributed by atoms with van der Waals surface area (Å²) in [7, 11) is 4.51. The van der Waals surface area contributed by atoms with E-state index in [4.69, 9.17) is 9.57 Å². The van der Waals surface area contributed by atoms with Gasteiger partial charge in [-0.25, -0.2) is 5.06 Å². The third-order valence-electron chi connectivity index (χ3n) is 3.01. The van der Waals surface area contributed by atoms with Crippen LogP contribution in [0.15, 0.2) is 24.3 Å². The average Bonchev–Trinajstić information content (AvgIpc) is 2.43. The first-order valence-corrected chi connectivity index (χ1v) is 5.94. The fourth-order valence-corrected chi connectivity index (χ4v) is 1.74. The van der Waals surface area contributed by atoms with Gasteiger partial charge >= 0.3 is 0 Å². The number of carbonyl (C=O) groups excluding carboxylic acids is 2. The first-order valence-electron chi connectivity index (χ1n) is 5.94. The molecule has 1 aromatic rings. The molecule has 1 aromatic carbocycles. The lowest BCUT2D eigenvalue weighted by Gasteiger charge is -2.18. The largest absolute Gasteiger partial charge is 0.497 e. The number of rotatable bonds is 6. The quantitative estimate of drug-likeness (QED) is 0.736. The molecule has 0 N–H and O–H groups in total. The molecule has 0 fully saturated rings. The highest BCUT2D eigenvalue weighted by Crippen LogP contribution is 2.24. The van der Waals surface area contributed by atoms with Gasteiger partial charge in [0.1, 0.15) is 11.5 Å². The first kappa shape index (κ1) is 15.2. The summed E-state index contributed by atoms with van der Waals surface area (Å²) in [6, 6.07) is 7.14. The van der Waals surface area contributed by atoms with Crippen molar-refractivity contribution in [1.29, 1.82) is 0 Å². The molecule has 1 rings (SSSR count). The number of hydrogen-bond donors (Lipinski definition) is 0. The van der Waals surface area contributed by atoms with Gasteiger partial charge < -0.3 is 4.74 Å². The number of Topliss-reactive ketones (excluding diaryl/α,β-unsaturated/α-hetero) is 1. The van der Waals surface area contributed by atoms with Crippen LogP contribution in [0.1, 0.15) is 24.8 Å². The SMILES string of the molecule is COc1ccc(C(CC(=O)N(C)OC)C(C)=O)cc1. The van der Waals surface area contributed by atoms with Crippen molar-refractivity contribution in [3.63, 3.8) is 0 Å². The van der Waals surface area contributed by atoms with E-state index in [0.717, 1.165) is 10.6 Å². The van der Waals surface area contributed by atoms with Crippen molar-refractivity contribution in [2.45, 2.75) is 19.3 Å². The summed E-state index contributed by atoms with van der Waals surface area (Å²) in [5.74, 6) is -0.0380. The first-order chi connectivity index (χ1) is 8.99. The average molecular weight is 265 g/mol. The maximum Gasteiger partial charge on any atom is 0.246 e. The molecule has 0 bridgehead atoms. The van der Waals surface area contributed by atoms with Crippen molar-refractivity contribution in [1.82, 2.24) is 5.06 Å². The molecule has 0 aliphatic rings. The van der Waals surface area contributed by atoms with Gasteiger partial charge in [0.2, 0.25) is 5.91 Å². The smallest absolute Gasteiger partial charge is 0.246 e. The lowest BCUT2D eigenvalue weighted by Crippen LogP contribution is -2.28. The van der Waals surface area contributed by atoms with Crippen molar-refractivity contribution in [3.8, 4) is 5.75 Å². The molecular weight excluding hydrogens is 246 g/mol. The summed E-state index contributed by atoms with van der Waals surface area (Å²) in [4.78, 5) is 28.3. The van der Waals surface area contributed by atoms with Gasteiger partial charge in [0, 0.05) is 13.5 Å². The predicted molar refractivity (Wildman–Crippen MR) is 70.8 cm³/mol. The van der Waals surface area contributed by atoms with Gasteiger partial charge in [-0.1, -0.05) is 12.1 Å². The zero-order chi connectivity index (χ0) is 14.4. The third-order valence-corrected chi connectivity index (χ3v) is 3.01. The summed E-state index contributed by atoms with van der Waals surface area (Å²) in [6.45, 7) is 1.48. The van der Waals surface area contributed by atoms with Crippen molar-refractivity contribution in [3.05, 3.63) is 29.8 Å². The molecule has 5 heteroatoms. The van der Waals surface area contributed by atoms with Crippen molar-refractivity contribution >= 4 is 11.7 Å². The highest BCUT2D eigenvalue weighted by molar-refractivity contribution is 5.89. The van der Waals surface area contributed by atoms with E-state index >= 15 is 0 Å². The van der Waals surface area contributed by atoms with Gasteiger partial charge in [0.05, 0.1) is 20.1 Å². The van der Waals surface area contributed by atoms with Crippen LogP contribution in [0.2, 0.25) is 0 Å². The Morgan fingerprint density at radius 1 is 1.21 bits per heavy atom. The van der Waals surface area contributed by atoms with Crippen LogP contribution in [-0.2, 0) is 14.4 Å². The highest BCUT2D eigenvalue weighted by Gasteiger charge is 2.22. The summed E-state index contributed by atoms with van der Waals surface area (Å²) >= 11 is 0. The predicted octanol–water partition coefficient (Wildman–Crippen LogP) is 1.78. The fraction of sp³-hybridized carbons (Fsp3) is 0.429. The minimum atomic E-state index is -0.462. The zero-order valence-electron chi connectivity index (χ0n) is 11.7. The minimum Gasteiger partial charge on any atom is -0.497 e. The maximum absolute atomic E-state index is 11.8. The van der Waals surface area contributed by atoms with Crippen molar-refractivity contribution in [2.75, 3.05) is 21.3 Å². The number of hydroxylamine groups is 2. The molecule has 19 heavy (non-hydrogen) atoms. The van der Waals surface area contributed by atoms with Gasteiger partial charge in [0.15, 0.2) is 0 Å². The fourth-order valence-electron chi connectivity index (χ4n) is 1.74. The van der Waals surface area contributed by atoms with E-state index in [9.17, 15) is 9.59 Å². The minimum absolute atomic E-state index is 0.0528. The normalized spacial score (nSPS) is 11.8. The number of carbonyl (C=O) groups is 2. The van der Waals surface area contributed by atoms with Gasteiger partial charge in [0.25, 0.3) is 0 Å². The molecular formula is C14H19NO4. The number of benzene rings is 1. The van der Waals surface area contributed by atoms with Crippen LogP contribution in [0.3, 0.4) is 0 Å². The third kappa shape index (κ3) is 4.06. The second-order valence-electron chi connectivity index (χ2n) is 4.21. The second-order valence-corrected chi connectivity index (χ2v) is 4.21. The topological polar surface area (TPSA) is 55.8 Å². The van der Waals surface area contributed by atoms with Crippen LogP contribution in [0.4, 0.5) is 0 Å². The monoisotopic (exact) mass is 265 g/mol. The van der Waals surface area contributed by atoms with Gasteiger partial charge in [-0.3, -0.25) is 14.4 Å². The number of amides is 1. The summed E-state index contributed by atoms with van der Waals surface area (Å²) in [5.41, 5.74) is 0.797. The van der Waals surface area contributed by atoms with E-state index in [1.165, 1.54) is 21.1 Å². The van der Waals surface area contributed by atoms with Crippen LogP contribution in [-0.4, -0.2) is 38.0 Å². The zero-order valence-corrected chi connectivity index (χ0v) is 11.7. The van der Waals surface area contributed by atoms with E-state index in [-0.39, 0.29) is 18.1 Å². The molecule has 0 aliphatic heterocycles. The molecule has 0 heterocycles. The standard InChI is InChI=1S/C14H19NO4/c1-10(16)13(9-14(17)15(2)19-4)11-5-7-12(18-3)8-6-11/h5-8,13H,9H2,1-4H3. The second kappa shape index (κ2) is 6.89.